The highest BCUT2D eigenvalue weighted by Gasteiger charge is 2.31. The molecule has 0 saturated heterocycles. The van der Waals surface area contributed by atoms with Crippen LogP contribution in [-0.4, -0.2) is 16.1 Å². The average molecular weight is 1000 g/mol. The van der Waals surface area contributed by atoms with E-state index in [2.05, 4.69) is 250 Å². The second-order valence-corrected chi connectivity index (χ2v) is 34.1. The predicted molar refractivity (Wildman–Crippen MR) is 327 cm³/mol. The Hall–Kier alpha value is -7.13. The van der Waals surface area contributed by atoms with Crippen molar-refractivity contribution in [3.8, 4) is 0 Å². The Bertz CT molecular complexity index is 3930. The van der Waals surface area contributed by atoms with E-state index in [0.717, 1.165) is 100 Å². The van der Waals surface area contributed by atoms with Gasteiger partial charge in [-0.15, -0.1) is 0 Å². The molecule has 0 spiro atoms. The van der Waals surface area contributed by atoms with Crippen molar-refractivity contribution in [2.45, 2.75) is 107 Å². The van der Waals surface area contributed by atoms with E-state index in [1.54, 1.807) is 0 Å². The molecule has 0 amide bonds. The van der Waals surface area contributed by atoms with E-state index in [1.165, 1.54) is 53.8 Å². The van der Waals surface area contributed by atoms with Crippen molar-refractivity contribution >= 4 is 137 Å². The van der Waals surface area contributed by atoms with Gasteiger partial charge in [0, 0.05) is 43.7 Å². The minimum absolute atomic E-state index is 0.238. The van der Waals surface area contributed by atoms with E-state index in [4.69, 9.17) is 8.83 Å². The lowest BCUT2D eigenvalue weighted by molar-refractivity contribution is 0.665. The van der Waals surface area contributed by atoms with Gasteiger partial charge in [0.25, 0.3) is 0 Å². The second-order valence-electron chi connectivity index (χ2n) is 23.9. The van der Waals surface area contributed by atoms with Crippen LogP contribution < -0.4 is 20.2 Å². The van der Waals surface area contributed by atoms with Gasteiger partial charge in [0.2, 0.25) is 0 Å². The number of fused-ring (bicyclic) bond motifs is 6. The number of nitrogens with zero attached hydrogens (tertiary/aromatic N) is 2. The Labute approximate surface area is 438 Å². The van der Waals surface area contributed by atoms with Crippen LogP contribution in [0.1, 0.15) is 72.9 Å². The maximum atomic E-state index is 7.11. The topological polar surface area (TPSA) is 32.8 Å². The molecule has 0 N–H and O–H groups in total. The lowest BCUT2D eigenvalue weighted by Crippen LogP contribution is -2.37. The summed E-state index contributed by atoms with van der Waals surface area (Å²) in [5.74, 6) is 0.477. The summed E-state index contributed by atoms with van der Waals surface area (Å²) < 4.78 is 14.2. The Morgan fingerprint density at radius 1 is 0.351 bits per heavy atom. The van der Waals surface area contributed by atoms with Gasteiger partial charge in [-0.05, 0) is 131 Å². The molecule has 0 aliphatic rings. The summed E-state index contributed by atoms with van der Waals surface area (Å²) in [6.07, 6.45) is 0. The lowest BCUT2D eigenvalue weighted by Gasteiger charge is -2.32. The van der Waals surface area contributed by atoms with Crippen molar-refractivity contribution < 1.29 is 8.83 Å². The number of rotatable bonds is 10. The summed E-state index contributed by atoms with van der Waals surface area (Å²) in [7, 11) is -3.22. The van der Waals surface area contributed by atoms with Crippen molar-refractivity contribution in [2.75, 3.05) is 9.80 Å². The number of benzene rings is 10. The first kappa shape index (κ1) is 47.9. The molecule has 0 saturated carbocycles. The Morgan fingerprint density at radius 3 is 1.04 bits per heavy atom. The van der Waals surface area contributed by atoms with Gasteiger partial charge >= 0.3 is 0 Å². The molecule has 0 bridgehead atoms. The number of furan rings is 2. The van der Waals surface area contributed by atoms with Gasteiger partial charge in [-0.1, -0.05) is 187 Å². The Morgan fingerprint density at radius 2 is 0.689 bits per heavy atom. The molecule has 10 aromatic carbocycles. The summed E-state index contributed by atoms with van der Waals surface area (Å²) in [5.41, 5.74) is 17.6. The summed E-state index contributed by atoms with van der Waals surface area (Å²) in [5, 5.41) is 15.0. The molecule has 6 heteroatoms. The minimum atomic E-state index is -1.61. The molecule has 2 aromatic heterocycles. The van der Waals surface area contributed by atoms with Gasteiger partial charge in [0.1, 0.15) is 11.2 Å². The fourth-order valence-corrected chi connectivity index (χ4v) is 14.4. The highest BCUT2D eigenvalue weighted by Crippen LogP contribution is 2.54. The molecule has 4 nitrogen and oxygen atoms in total. The summed E-state index contributed by atoms with van der Waals surface area (Å²) in [4.78, 5) is 5.07. The molecule has 0 atom stereocenters. The fourth-order valence-electron chi connectivity index (χ4n) is 12.1. The number of hydrogen-bond donors (Lipinski definition) is 0. The molecule has 0 fully saturated rings. The van der Waals surface area contributed by atoms with Crippen LogP contribution in [0.3, 0.4) is 0 Å². The average Bonchev–Trinajstić information content (AvgIpc) is 3.95. The molecule has 12 aromatic rings. The van der Waals surface area contributed by atoms with Gasteiger partial charge < -0.3 is 18.6 Å². The largest absolute Gasteiger partial charge is 0.454 e. The van der Waals surface area contributed by atoms with Crippen LogP contribution in [0.4, 0.5) is 34.1 Å². The SMILES string of the molecule is Cc1ccc2c(oc3c(C)cccc32)c1N(c1ccc([Si](C)(C)C)cc1)c1cc(C(C)C)c2ccc3c(N(c4ccc([Si](C)(C)C)cc4)c4c(C)ccc5c4oc4c(C)cccc45)cc(C(C)C)c4ccc1c2c43. The van der Waals surface area contributed by atoms with Crippen LogP contribution in [0.25, 0.3) is 76.2 Å². The second kappa shape index (κ2) is 17.2. The van der Waals surface area contributed by atoms with Crippen LogP contribution in [0, 0.1) is 27.7 Å². The quantitative estimate of drug-likeness (QED) is 0.101. The Balaban J connectivity index is 1.22. The molecule has 0 unspecified atom stereocenters. The van der Waals surface area contributed by atoms with Crippen molar-refractivity contribution in [2.24, 2.45) is 0 Å². The third kappa shape index (κ3) is 7.42. The van der Waals surface area contributed by atoms with Gasteiger partial charge in [-0.3, -0.25) is 0 Å². The zero-order chi connectivity index (χ0) is 51.9. The third-order valence-corrected chi connectivity index (χ3v) is 20.3. The van der Waals surface area contributed by atoms with Crippen LogP contribution in [0.15, 0.2) is 154 Å². The standard InChI is InChI=1S/C68H68N2O2Si2/c1-39(2)57-37-59(69(45-23-27-47(28-24-45)73(9,10)11)63-41(5)21-31-53-51-19-15-17-43(7)65(51)71-67(53)63)55-36-34-50-58(40(3)4)38-60(56-35-33-49(57)61(55)62(50)56)70(46-25-29-48(30-26-46)74(12,13)14)64-42(6)22-32-54-52-20-16-18-44(8)66(52)72-68(54)64/h15-40H,1-14H3. The first-order valence-electron chi connectivity index (χ1n) is 26.7. The first-order valence-corrected chi connectivity index (χ1v) is 33.7. The van der Waals surface area contributed by atoms with Gasteiger partial charge in [-0.25, -0.2) is 0 Å². The molecule has 0 aliphatic carbocycles. The van der Waals surface area contributed by atoms with Crippen molar-refractivity contribution in [3.05, 3.63) is 179 Å². The molecule has 74 heavy (non-hydrogen) atoms. The molecule has 0 radical (unpaired) electrons. The maximum absolute atomic E-state index is 7.11. The van der Waals surface area contributed by atoms with Crippen molar-refractivity contribution in [3.63, 3.8) is 0 Å². The molecule has 12 rings (SSSR count). The zero-order valence-electron chi connectivity index (χ0n) is 45.7. The van der Waals surface area contributed by atoms with Crippen LogP contribution in [-0.2, 0) is 0 Å². The summed E-state index contributed by atoms with van der Waals surface area (Å²) in [6.45, 7) is 32.8. The molecular weight excluding hydrogens is 933 g/mol. The smallest absolute Gasteiger partial charge is 0.159 e. The molecule has 2 heterocycles. The maximum Gasteiger partial charge on any atom is 0.159 e. The molecular formula is C68H68N2O2Si2. The number of anilines is 6. The Kier molecular flexibility index (Phi) is 11.1. The first-order chi connectivity index (χ1) is 35.3. The summed E-state index contributed by atoms with van der Waals surface area (Å²) >= 11 is 0. The lowest BCUT2D eigenvalue weighted by atomic mass is 9.84. The monoisotopic (exact) mass is 1000 g/mol. The van der Waals surface area contributed by atoms with Gasteiger partial charge in [-0.2, -0.15) is 0 Å². The van der Waals surface area contributed by atoms with Crippen LogP contribution in [0.2, 0.25) is 39.3 Å². The van der Waals surface area contributed by atoms with E-state index in [1.807, 2.05) is 0 Å². The molecule has 370 valence electrons. The van der Waals surface area contributed by atoms with Gasteiger partial charge in [0.15, 0.2) is 11.2 Å². The minimum Gasteiger partial charge on any atom is -0.454 e. The number of para-hydroxylation sites is 2. The van der Waals surface area contributed by atoms with Crippen LogP contribution >= 0.6 is 0 Å². The van der Waals surface area contributed by atoms with Crippen LogP contribution in [0.5, 0.6) is 0 Å². The van der Waals surface area contributed by atoms with Crippen molar-refractivity contribution in [1.82, 2.24) is 0 Å². The van der Waals surface area contributed by atoms with E-state index in [0.29, 0.717) is 0 Å². The van der Waals surface area contributed by atoms with E-state index in [9.17, 15) is 0 Å². The van der Waals surface area contributed by atoms with E-state index < -0.39 is 16.1 Å². The van der Waals surface area contributed by atoms with Crippen molar-refractivity contribution in [1.29, 1.82) is 0 Å². The normalized spacial score (nSPS) is 12.7. The molecule has 0 aliphatic heterocycles. The number of hydrogen-bond acceptors (Lipinski definition) is 4. The summed E-state index contributed by atoms with van der Waals surface area (Å²) in [6, 6.07) is 55.7. The number of aryl methyl sites for hydroxylation is 4. The fraction of sp³-hybridized carbons (Fsp3) is 0.235. The zero-order valence-corrected chi connectivity index (χ0v) is 47.7. The third-order valence-electron chi connectivity index (χ3n) is 16.2. The van der Waals surface area contributed by atoms with E-state index >= 15 is 0 Å². The highest BCUT2D eigenvalue weighted by atomic mass is 28.3. The van der Waals surface area contributed by atoms with E-state index in [-0.39, 0.29) is 11.8 Å². The highest BCUT2D eigenvalue weighted by molar-refractivity contribution is 6.89. The van der Waals surface area contributed by atoms with Gasteiger partial charge in [0.05, 0.1) is 38.9 Å². The predicted octanol–water partition coefficient (Wildman–Crippen LogP) is 19.9.